The van der Waals surface area contributed by atoms with E-state index in [1.807, 2.05) is 0 Å². The van der Waals surface area contributed by atoms with Crippen molar-refractivity contribution in [1.82, 2.24) is 0 Å². The highest BCUT2D eigenvalue weighted by Crippen LogP contribution is 2.51. The third-order valence-electron chi connectivity index (χ3n) is 6.18. The fraction of sp³-hybridized carbons (Fsp3) is 0.0385. The van der Waals surface area contributed by atoms with Crippen molar-refractivity contribution in [3.8, 4) is 11.5 Å². The van der Waals surface area contributed by atoms with E-state index in [1.165, 1.54) is 6.07 Å². The maximum absolute atomic E-state index is 12.3. The standard InChI is InChI=1S/C26H19N5O16S3/c1-10(32)27-14-2-3-16(18(9-14)49(40,41)42)29-30-21-17(48-47-46-39)7-11-8-19(50(43,44)45)22(24(34)20(11)23(21)33)31-28-15-5-12(25(35)36)4-13(6-15)26(37)38/h2-9,33-34,39H,1H3,(H,27,32)(H,35,36)(H,37,38)(H,40,41,42)(H,43,44,45)/b30-29+,31-28+. The first-order valence-corrected chi connectivity index (χ1v) is 16.5. The summed E-state index contributed by atoms with van der Waals surface area (Å²) >= 11 is 0.136. The second kappa shape index (κ2) is 14.5. The van der Waals surface area contributed by atoms with E-state index >= 15 is 0 Å². The zero-order chi connectivity index (χ0) is 37.1. The number of aromatic carboxylic acids is 2. The molecule has 4 aromatic carbocycles. The van der Waals surface area contributed by atoms with Gasteiger partial charge < -0.3 is 25.7 Å². The quantitative estimate of drug-likeness (QED) is 0.0297. The van der Waals surface area contributed by atoms with E-state index in [4.69, 9.17) is 5.26 Å². The van der Waals surface area contributed by atoms with Crippen LogP contribution >= 0.6 is 12.0 Å². The van der Waals surface area contributed by atoms with Crippen molar-refractivity contribution >= 4 is 89.3 Å². The third-order valence-corrected chi connectivity index (χ3v) is 8.55. The lowest BCUT2D eigenvalue weighted by molar-refractivity contribution is -0.432. The molecule has 0 unspecified atom stereocenters. The number of hydrogen-bond acceptors (Lipinski definition) is 17. The summed E-state index contributed by atoms with van der Waals surface area (Å²) in [7, 11) is -10.3. The van der Waals surface area contributed by atoms with Gasteiger partial charge in [-0.1, -0.05) is 5.04 Å². The molecule has 0 spiro atoms. The van der Waals surface area contributed by atoms with Crippen molar-refractivity contribution in [3.63, 3.8) is 0 Å². The van der Waals surface area contributed by atoms with Crippen LogP contribution in [0.15, 0.2) is 83.7 Å². The minimum absolute atomic E-state index is 0.0579. The van der Waals surface area contributed by atoms with E-state index in [-0.39, 0.29) is 28.0 Å². The van der Waals surface area contributed by atoms with Crippen LogP contribution in [-0.2, 0) is 34.4 Å². The third kappa shape index (κ3) is 8.33. The number of carboxylic acid groups (broad SMARTS) is 2. The molecule has 0 fully saturated rings. The van der Waals surface area contributed by atoms with E-state index in [2.05, 4.69) is 35.1 Å². The summed E-state index contributed by atoms with van der Waals surface area (Å²) in [6.45, 7) is 1.13. The van der Waals surface area contributed by atoms with Gasteiger partial charge in [0.25, 0.3) is 20.2 Å². The summed E-state index contributed by atoms with van der Waals surface area (Å²) in [4.78, 5) is 32.0. The fourth-order valence-corrected chi connectivity index (χ4v) is 5.98. The van der Waals surface area contributed by atoms with Crippen molar-refractivity contribution in [2.75, 3.05) is 5.32 Å². The minimum Gasteiger partial charge on any atom is -0.505 e. The Balaban J connectivity index is 1.98. The lowest BCUT2D eigenvalue weighted by atomic mass is 10.1. The maximum Gasteiger partial charge on any atom is 0.335 e. The molecular weight excluding hydrogens is 735 g/mol. The van der Waals surface area contributed by atoms with Crippen LogP contribution < -0.4 is 5.32 Å². The largest absolute Gasteiger partial charge is 0.505 e. The van der Waals surface area contributed by atoms with Crippen LogP contribution in [0.3, 0.4) is 0 Å². The van der Waals surface area contributed by atoms with Gasteiger partial charge >= 0.3 is 11.9 Å². The zero-order valence-electron chi connectivity index (χ0n) is 24.4. The van der Waals surface area contributed by atoms with Crippen LogP contribution in [0.5, 0.6) is 11.5 Å². The number of phenolic OH excluding ortho intramolecular Hbond substituents is 2. The van der Waals surface area contributed by atoms with Crippen molar-refractivity contribution in [2.24, 2.45) is 20.5 Å². The van der Waals surface area contributed by atoms with Gasteiger partial charge in [-0.3, -0.25) is 13.9 Å². The van der Waals surface area contributed by atoms with E-state index in [1.54, 1.807) is 0 Å². The number of rotatable bonds is 12. The Kier molecular flexibility index (Phi) is 10.8. The molecule has 0 saturated heterocycles. The average molecular weight is 754 g/mol. The molecule has 1 amide bonds. The number of fused-ring (bicyclic) bond motifs is 1. The Morgan fingerprint density at radius 1 is 0.760 bits per heavy atom. The van der Waals surface area contributed by atoms with Gasteiger partial charge in [0.2, 0.25) is 5.91 Å². The second-order valence-corrected chi connectivity index (χ2v) is 13.1. The van der Waals surface area contributed by atoms with E-state index in [9.17, 15) is 60.8 Å². The number of azo groups is 2. The van der Waals surface area contributed by atoms with Crippen molar-refractivity contribution in [3.05, 3.63) is 59.7 Å². The number of carboxylic acids is 2. The summed E-state index contributed by atoms with van der Waals surface area (Å²) in [5.74, 6) is -5.91. The molecule has 0 heterocycles. The SMILES string of the molecule is CC(=O)Nc1ccc(/N=N/c2c(SOOO)cc3cc(S(=O)(=O)O)c(/N=N/c4cc(C(=O)O)cc(C(=O)O)c4)c(O)c3c2O)c(S(=O)(=O)O)c1. The minimum atomic E-state index is -5.26. The number of carbonyl (C=O) groups excluding carboxylic acids is 1. The number of anilines is 1. The molecule has 24 heteroatoms. The Labute approximate surface area is 282 Å². The number of nitrogens with one attached hydrogen (secondary N) is 1. The summed E-state index contributed by atoms with van der Waals surface area (Å²) in [5, 5.41) is 69.2. The van der Waals surface area contributed by atoms with Crippen LogP contribution in [0, 0.1) is 0 Å². The highest BCUT2D eigenvalue weighted by molar-refractivity contribution is 7.94. The van der Waals surface area contributed by atoms with Gasteiger partial charge in [0, 0.05) is 12.6 Å². The molecule has 0 saturated carbocycles. The number of hydrogen-bond donors (Lipinski definition) is 8. The molecule has 0 bridgehead atoms. The first-order chi connectivity index (χ1) is 23.3. The second-order valence-electron chi connectivity index (χ2n) is 9.56. The molecule has 0 atom stereocenters. The molecule has 8 N–H and O–H groups in total. The Bertz CT molecular complexity index is 2330. The van der Waals surface area contributed by atoms with Crippen molar-refractivity contribution < 1.29 is 75.4 Å². The predicted octanol–water partition coefficient (Wildman–Crippen LogP) is 5.36. The predicted molar refractivity (Wildman–Crippen MR) is 167 cm³/mol. The lowest BCUT2D eigenvalue weighted by Gasteiger charge is -2.13. The Morgan fingerprint density at radius 2 is 1.34 bits per heavy atom. The zero-order valence-corrected chi connectivity index (χ0v) is 26.9. The van der Waals surface area contributed by atoms with Crippen LogP contribution in [0.2, 0.25) is 0 Å². The molecule has 4 aromatic rings. The monoisotopic (exact) mass is 753 g/mol. The fourth-order valence-electron chi connectivity index (χ4n) is 4.18. The topological polar surface area (TPSA) is 341 Å². The van der Waals surface area contributed by atoms with Gasteiger partial charge in [0.15, 0.2) is 11.5 Å². The van der Waals surface area contributed by atoms with Gasteiger partial charge in [-0.25, -0.2) is 14.8 Å². The maximum atomic E-state index is 12.3. The molecule has 0 radical (unpaired) electrons. The van der Waals surface area contributed by atoms with Gasteiger partial charge in [-0.2, -0.15) is 21.9 Å². The molecule has 0 aliphatic heterocycles. The molecule has 0 aromatic heterocycles. The molecule has 21 nitrogen and oxygen atoms in total. The average Bonchev–Trinajstić information content (AvgIpc) is 3.01. The highest BCUT2D eigenvalue weighted by atomic mass is 32.2. The molecule has 4 rings (SSSR count). The number of phenols is 2. The summed E-state index contributed by atoms with van der Waals surface area (Å²) in [6.07, 6.45) is 0. The number of amides is 1. The van der Waals surface area contributed by atoms with Crippen molar-refractivity contribution in [2.45, 2.75) is 21.6 Å². The van der Waals surface area contributed by atoms with E-state index in [0.717, 1.165) is 43.3 Å². The lowest BCUT2D eigenvalue weighted by Crippen LogP contribution is -2.07. The van der Waals surface area contributed by atoms with Crippen LogP contribution in [0.1, 0.15) is 27.6 Å². The van der Waals surface area contributed by atoms with E-state index in [0.29, 0.717) is 6.07 Å². The molecular formula is C26H19N5O16S3. The first-order valence-electron chi connectivity index (χ1n) is 12.8. The van der Waals surface area contributed by atoms with Gasteiger partial charge in [0.1, 0.15) is 26.9 Å². The van der Waals surface area contributed by atoms with Crippen molar-refractivity contribution in [1.29, 1.82) is 0 Å². The Hall–Kier alpha value is -5.60. The summed E-state index contributed by atoms with van der Waals surface area (Å²) in [6, 6.07) is 7.22. The summed E-state index contributed by atoms with van der Waals surface area (Å²) in [5.41, 5.74) is -3.85. The summed E-state index contributed by atoms with van der Waals surface area (Å²) < 4.78 is 72.8. The van der Waals surface area contributed by atoms with Gasteiger partial charge in [-0.15, -0.1) is 19.7 Å². The van der Waals surface area contributed by atoms with Crippen LogP contribution in [0.25, 0.3) is 10.8 Å². The smallest absolute Gasteiger partial charge is 0.335 e. The molecule has 262 valence electrons. The Morgan fingerprint density at radius 3 is 1.88 bits per heavy atom. The number of aromatic hydroxyl groups is 2. The highest BCUT2D eigenvalue weighted by Gasteiger charge is 2.27. The van der Waals surface area contributed by atoms with Crippen LogP contribution in [0.4, 0.5) is 28.4 Å². The molecule has 50 heavy (non-hydrogen) atoms. The number of benzene rings is 4. The number of nitrogens with zero attached hydrogens (tertiary/aromatic N) is 4. The number of carbonyl (C=O) groups is 3. The molecule has 0 aliphatic carbocycles. The normalized spacial score (nSPS) is 12.2. The first kappa shape index (κ1) is 37.2. The molecule has 0 aliphatic rings. The van der Waals surface area contributed by atoms with Gasteiger partial charge in [0.05, 0.1) is 39.1 Å². The van der Waals surface area contributed by atoms with Gasteiger partial charge in [-0.05, 0) is 53.9 Å². The van der Waals surface area contributed by atoms with Crippen LogP contribution in [-0.4, -0.2) is 69.5 Å². The van der Waals surface area contributed by atoms with E-state index < -0.39 is 98.6 Å².